The zero-order chi connectivity index (χ0) is 11.5. The highest BCUT2D eigenvalue weighted by atomic mass is 32.1. The molecule has 2 heterocycles. The molecule has 1 aromatic heterocycles. The van der Waals surface area contributed by atoms with Gasteiger partial charge in [0, 0.05) is 17.1 Å². The maximum Gasteiger partial charge on any atom is 0.303 e. The first-order chi connectivity index (χ1) is 7.72. The molecule has 4 nitrogen and oxygen atoms in total. The average Bonchev–Trinajstić information content (AvgIpc) is 2.84. The Balaban J connectivity index is 2.17. The Bertz CT molecular complexity index is 353. The van der Waals surface area contributed by atoms with Gasteiger partial charge >= 0.3 is 5.97 Å². The summed E-state index contributed by atoms with van der Waals surface area (Å²) in [6.07, 6.45) is 3.11. The first-order valence-electron chi connectivity index (χ1n) is 5.56. The van der Waals surface area contributed by atoms with Crippen molar-refractivity contribution in [2.75, 3.05) is 13.1 Å². The molecule has 0 spiro atoms. The fourth-order valence-electron chi connectivity index (χ4n) is 2.50. The van der Waals surface area contributed by atoms with Crippen LogP contribution in [0, 0.1) is 5.92 Å². The van der Waals surface area contributed by atoms with E-state index in [2.05, 4.69) is 16.8 Å². The monoisotopic (exact) mass is 240 g/mol. The quantitative estimate of drug-likeness (QED) is 0.874. The minimum atomic E-state index is -0.697. The third-order valence-electron chi connectivity index (χ3n) is 3.21. The predicted octanol–water partition coefficient (Wildman–Crippen LogP) is 2.00. The molecular formula is C11H16N2O2S. The first-order valence-corrected chi connectivity index (χ1v) is 6.44. The Morgan fingerprint density at radius 2 is 2.56 bits per heavy atom. The van der Waals surface area contributed by atoms with Crippen LogP contribution in [0.15, 0.2) is 11.7 Å². The lowest BCUT2D eigenvalue weighted by atomic mass is 9.96. The van der Waals surface area contributed by atoms with Crippen LogP contribution in [-0.2, 0) is 4.79 Å². The summed E-state index contributed by atoms with van der Waals surface area (Å²) in [4.78, 5) is 18.5. The second-order valence-corrected chi connectivity index (χ2v) is 5.04. The largest absolute Gasteiger partial charge is 0.481 e. The van der Waals surface area contributed by atoms with Crippen molar-refractivity contribution in [2.24, 2.45) is 5.92 Å². The molecule has 88 valence electrons. The molecule has 0 aliphatic carbocycles. The van der Waals surface area contributed by atoms with Gasteiger partial charge in [0.2, 0.25) is 0 Å². The van der Waals surface area contributed by atoms with Gasteiger partial charge in [0.05, 0.1) is 11.9 Å². The Morgan fingerprint density at radius 1 is 1.75 bits per heavy atom. The summed E-state index contributed by atoms with van der Waals surface area (Å²) in [5.74, 6) is -0.463. The molecule has 1 fully saturated rings. The molecule has 1 aliphatic rings. The minimum Gasteiger partial charge on any atom is -0.481 e. The van der Waals surface area contributed by atoms with Crippen LogP contribution < -0.4 is 0 Å². The van der Waals surface area contributed by atoms with Crippen molar-refractivity contribution in [2.45, 2.75) is 25.8 Å². The summed E-state index contributed by atoms with van der Waals surface area (Å²) in [5, 5.41) is 8.92. The van der Waals surface area contributed by atoms with Crippen LogP contribution in [0.1, 0.15) is 30.7 Å². The molecule has 0 saturated carbocycles. The van der Waals surface area contributed by atoms with Gasteiger partial charge < -0.3 is 5.11 Å². The molecule has 16 heavy (non-hydrogen) atoms. The maximum atomic E-state index is 10.8. The fourth-order valence-corrected chi connectivity index (χ4v) is 3.35. The third kappa shape index (κ3) is 2.25. The Hall–Kier alpha value is -0.940. The highest BCUT2D eigenvalue weighted by molar-refractivity contribution is 7.09. The highest BCUT2D eigenvalue weighted by Crippen LogP contribution is 2.40. The van der Waals surface area contributed by atoms with Crippen molar-refractivity contribution in [3.63, 3.8) is 0 Å². The number of aliphatic carboxylic acids is 1. The molecule has 0 bridgehead atoms. The molecule has 1 saturated heterocycles. The van der Waals surface area contributed by atoms with Gasteiger partial charge in [-0.25, -0.2) is 0 Å². The lowest BCUT2D eigenvalue weighted by Crippen LogP contribution is -2.25. The second kappa shape index (κ2) is 4.93. The summed E-state index contributed by atoms with van der Waals surface area (Å²) < 4.78 is 0. The topological polar surface area (TPSA) is 53.4 Å². The van der Waals surface area contributed by atoms with Gasteiger partial charge in [-0.2, -0.15) is 0 Å². The molecule has 2 atom stereocenters. The molecule has 5 heteroatoms. The lowest BCUT2D eigenvalue weighted by molar-refractivity contribution is -0.138. The standard InChI is InChI=1S/C11H16N2O2S/c1-2-13-4-3-8(5-10(14)15)11(13)9-6-12-7-16-9/h6-8,11H,2-5H2,1H3,(H,14,15)/t8-,11+/m1/s1. The predicted molar refractivity (Wildman–Crippen MR) is 62.5 cm³/mol. The Kier molecular flexibility index (Phi) is 3.56. The molecule has 0 aromatic carbocycles. The number of hydrogen-bond acceptors (Lipinski definition) is 4. The van der Waals surface area contributed by atoms with E-state index in [0.29, 0.717) is 0 Å². The van der Waals surface area contributed by atoms with E-state index in [0.717, 1.165) is 19.5 Å². The van der Waals surface area contributed by atoms with Crippen molar-refractivity contribution >= 4 is 17.3 Å². The summed E-state index contributed by atoms with van der Waals surface area (Å²) >= 11 is 1.62. The van der Waals surface area contributed by atoms with Crippen molar-refractivity contribution < 1.29 is 9.90 Å². The maximum absolute atomic E-state index is 10.8. The smallest absolute Gasteiger partial charge is 0.303 e. The van der Waals surface area contributed by atoms with Gasteiger partial charge in [0.25, 0.3) is 0 Å². The number of likely N-dealkylation sites (tertiary alicyclic amines) is 1. The first kappa shape index (κ1) is 11.5. The molecule has 1 aromatic rings. The zero-order valence-electron chi connectivity index (χ0n) is 9.30. The van der Waals surface area contributed by atoms with Crippen LogP contribution >= 0.6 is 11.3 Å². The third-order valence-corrected chi connectivity index (χ3v) is 4.06. The number of hydrogen-bond donors (Lipinski definition) is 1. The Morgan fingerprint density at radius 3 is 3.12 bits per heavy atom. The van der Waals surface area contributed by atoms with E-state index < -0.39 is 5.97 Å². The number of thiazole rings is 1. The zero-order valence-corrected chi connectivity index (χ0v) is 10.1. The van der Waals surface area contributed by atoms with Gasteiger partial charge in [-0.1, -0.05) is 6.92 Å². The Labute approximate surface area is 98.9 Å². The fraction of sp³-hybridized carbons (Fsp3) is 0.636. The van der Waals surface area contributed by atoms with Crippen LogP contribution in [0.2, 0.25) is 0 Å². The number of nitrogens with zero attached hydrogens (tertiary/aromatic N) is 2. The van der Waals surface area contributed by atoms with Crippen LogP contribution in [-0.4, -0.2) is 34.0 Å². The molecule has 1 aliphatic heterocycles. The van der Waals surface area contributed by atoms with E-state index >= 15 is 0 Å². The van der Waals surface area contributed by atoms with E-state index in [4.69, 9.17) is 5.11 Å². The van der Waals surface area contributed by atoms with E-state index in [-0.39, 0.29) is 18.4 Å². The summed E-state index contributed by atoms with van der Waals surface area (Å²) in [7, 11) is 0. The van der Waals surface area contributed by atoms with E-state index in [9.17, 15) is 4.79 Å². The minimum absolute atomic E-state index is 0.234. The van der Waals surface area contributed by atoms with E-state index in [1.54, 1.807) is 11.3 Å². The van der Waals surface area contributed by atoms with Crippen molar-refractivity contribution in [3.8, 4) is 0 Å². The van der Waals surface area contributed by atoms with Crippen molar-refractivity contribution in [3.05, 3.63) is 16.6 Å². The molecule has 0 amide bonds. The number of aromatic nitrogens is 1. The summed E-state index contributed by atoms with van der Waals surface area (Å²) in [6, 6.07) is 0.258. The van der Waals surface area contributed by atoms with Gasteiger partial charge in [-0.15, -0.1) is 11.3 Å². The summed E-state index contributed by atoms with van der Waals surface area (Å²) in [5.41, 5.74) is 1.82. The normalized spacial score (nSPS) is 26.1. The van der Waals surface area contributed by atoms with Crippen LogP contribution in [0.5, 0.6) is 0 Å². The summed E-state index contributed by atoms with van der Waals surface area (Å²) in [6.45, 7) is 4.09. The van der Waals surface area contributed by atoms with Gasteiger partial charge in [-0.05, 0) is 25.4 Å². The second-order valence-electron chi connectivity index (χ2n) is 4.12. The SMILES string of the molecule is CCN1CC[C@H](CC(=O)O)[C@H]1c1cncs1. The van der Waals surface area contributed by atoms with E-state index in [1.807, 2.05) is 11.7 Å². The molecule has 0 radical (unpaired) electrons. The van der Waals surface area contributed by atoms with Crippen LogP contribution in [0.3, 0.4) is 0 Å². The van der Waals surface area contributed by atoms with Gasteiger partial charge in [0.15, 0.2) is 0 Å². The van der Waals surface area contributed by atoms with Crippen molar-refractivity contribution in [1.82, 2.24) is 9.88 Å². The van der Waals surface area contributed by atoms with Crippen LogP contribution in [0.25, 0.3) is 0 Å². The van der Waals surface area contributed by atoms with Crippen LogP contribution in [0.4, 0.5) is 0 Å². The average molecular weight is 240 g/mol. The van der Waals surface area contributed by atoms with Gasteiger partial charge in [0.1, 0.15) is 0 Å². The lowest BCUT2D eigenvalue weighted by Gasteiger charge is -2.25. The molecule has 1 N–H and O–H groups in total. The van der Waals surface area contributed by atoms with Crippen molar-refractivity contribution in [1.29, 1.82) is 0 Å². The van der Waals surface area contributed by atoms with E-state index in [1.165, 1.54) is 4.88 Å². The number of carbonyl (C=O) groups is 1. The highest BCUT2D eigenvalue weighted by Gasteiger charge is 2.36. The molecular weight excluding hydrogens is 224 g/mol. The number of rotatable bonds is 4. The van der Waals surface area contributed by atoms with Gasteiger partial charge in [-0.3, -0.25) is 14.7 Å². The number of carboxylic acids is 1. The number of carboxylic acid groups (broad SMARTS) is 1. The molecule has 2 rings (SSSR count). The molecule has 0 unspecified atom stereocenters.